The summed E-state index contributed by atoms with van der Waals surface area (Å²) >= 11 is 0. The lowest BCUT2D eigenvalue weighted by Gasteiger charge is -2.18. The highest BCUT2D eigenvalue weighted by molar-refractivity contribution is 7.92. The van der Waals surface area contributed by atoms with Crippen molar-refractivity contribution < 1.29 is 31.5 Å². The minimum Gasteiger partial charge on any atom is -0.506 e. The molecule has 1 amide bonds. The lowest BCUT2D eigenvalue weighted by Crippen LogP contribution is -2.30. The summed E-state index contributed by atoms with van der Waals surface area (Å²) in [5.74, 6) is -2.67. The van der Waals surface area contributed by atoms with Crippen molar-refractivity contribution in [1.82, 2.24) is 14.5 Å². The Balaban J connectivity index is 1.78. The van der Waals surface area contributed by atoms with Gasteiger partial charge in [-0.2, -0.15) is 13.5 Å². The molecule has 27 heavy (non-hydrogen) atoms. The van der Waals surface area contributed by atoms with Gasteiger partial charge in [0.25, 0.3) is 12.3 Å². The third kappa shape index (κ3) is 2.62. The quantitative estimate of drug-likeness (QED) is 0.803. The number of alkyl halides is 2. The molecule has 2 aromatic rings. The number of hydrogen-bond acceptors (Lipinski definition) is 5. The van der Waals surface area contributed by atoms with Gasteiger partial charge in [0.05, 0.1) is 6.20 Å². The van der Waals surface area contributed by atoms with Crippen molar-refractivity contribution >= 4 is 21.8 Å². The van der Waals surface area contributed by atoms with Crippen LogP contribution in [-0.2, 0) is 20.5 Å². The third-order valence-corrected chi connectivity index (χ3v) is 6.06. The predicted molar refractivity (Wildman–Crippen MR) is 86.9 cm³/mol. The predicted octanol–water partition coefficient (Wildman–Crippen LogP) is 1.33. The molecule has 2 N–H and O–H groups in total. The first kappa shape index (κ1) is 17.6. The molecule has 0 atom stereocenters. The van der Waals surface area contributed by atoms with Crippen LogP contribution in [0.1, 0.15) is 12.8 Å². The largest absolute Gasteiger partial charge is 0.506 e. The molecule has 0 radical (unpaired) electrons. The molecule has 1 aromatic heterocycles. The van der Waals surface area contributed by atoms with Gasteiger partial charge in [0.15, 0.2) is 5.82 Å². The van der Waals surface area contributed by atoms with Crippen molar-refractivity contribution in [3.05, 3.63) is 30.3 Å². The molecule has 1 saturated heterocycles. The first-order valence-corrected chi connectivity index (χ1v) is 9.28. The summed E-state index contributed by atoms with van der Waals surface area (Å²) in [4.78, 5) is 11.4. The van der Waals surface area contributed by atoms with E-state index in [1.54, 1.807) is 4.72 Å². The average molecular weight is 402 g/mol. The molecule has 1 aliphatic carbocycles. The highest BCUT2D eigenvalue weighted by atomic mass is 32.2. The van der Waals surface area contributed by atoms with Crippen molar-refractivity contribution in [1.29, 1.82) is 0 Å². The summed E-state index contributed by atoms with van der Waals surface area (Å²) < 4.78 is 68.6. The first-order valence-electron chi connectivity index (χ1n) is 7.84. The van der Waals surface area contributed by atoms with Gasteiger partial charge in [0.2, 0.25) is 0 Å². The number of hydrogen-bond donors (Lipinski definition) is 2. The van der Waals surface area contributed by atoms with Gasteiger partial charge >= 0.3 is 10.2 Å². The minimum absolute atomic E-state index is 0.136. The van der Waals surface area contributed by atoms with Crippen LogP contribution in [0, 0.1) is 5.82 Å². The average Bonchev–Trinajstić information content (AvgIpc) is 3.17. The molecule has 1 aromatic carbocycles. The normalized spacial score (nSPS) is 20.1. The van der Waals surface area contributed by atoms with Gasteiger partial charge in [-0.15, -0.1) is 0 Å². The number of carbonyl (C=O) groups excluding carboxylic acids is 1. The number of aromatic nitrogens is 2. The Kier molecular flexibility index (Phi) is 3.67. The van der Waals surface area contributed by atoms with Crippen LogP contribution in [0.25, 0.3) is 11.1 Å². The Morgan fingerprint density at radius 1 is 1.30 bits per heavy atom. The van der Waals surface area contributed by atoms with E-state index in [1.807, 2.05) is 0 Å². The fourth-order valence-electron chi connectivity index (χ4n) is 3.04. The smallest absolute Gasteiger partial charge is 0.326 e. The summed E-state index contributed by atoms with van der Waals surface area (Å²) in [6.07, 6.45) is 0.297. The van der Waals surface area contributed by atoms with Gasteiger partial charge in [-0.1, -0.05) is 0 Å². The van der Waals surface area contributed by atoms with Gasteiger partial charge in [-0.3, -0.25) is 9.48 Å². The van der Waals surface area contributed by atoms with Crippen molar-refractivity contribution in [3.63, 3.8) is 0 Å². The number of aromatic hydroxyl groups is 1. The van der Waals surface area contributed by atoms with E-state index in [2.05, 4.69) is 5.10 Å². The zero-order valence-electron chi connectivity index (χ0n) is 13.6. The second-order valence-corrected chi connectivity index (χ2v) is 8.00. The van der Waals surface area contributed by atoms with Crippen LogP contribution in [0.5, 0.6) is 5.75 Å². The SMILES string of the molecule is O=C1CN(c2c(O)ccc(-c3cnn(C4(C(F)F)CC4)c3)c2F)S(=O)(=O)N1. The molecule has 0 bridgehead atoms. The van der Waals surface area contributed by atoms with Gasteiger partial charge in [-0.05, 0) is 25.0 Å². The maximum absolute atomic E-state index is 15.0. The molecule has 4 rings (SSSR count). The highest BCUT2D eigenvalue weighted by Gasteiger charge is 2.54. The Morgan fingerprint density at radius 3 is 2.56 bits per heavy atom. The minimum atomic E-state index is -4.34. The zero-order valence-corrected chi connectivity index (χ0v) is 14.4. The van der Waals surface area contributed by atoms with Crippen LogP contribution in [-0.4, -0.2) is 42.2 Å². The lowest BCUT2D eigenvalue weighted by molar-refractivity contribution is -0.117. The number of nitrogens with one attached hydrogen (secondary N) is 1. The number of amides is 1. The van der Waals surface area contributed by atoms with Crippen LogP contribution < -0.4 is 9.03 Å². The van der Waals surface area contributed by atoms with Crippen molar-refractivity contribution in [2.45, 2.75) is 24.8 Å². The number of phenolic OH excluding ortho intramolecular Hbond substituents is 1. The van der Waals surface area contributed by atoms with Crippen LogP contribution in [0.3, 0.4) is 0 Å². The second kappa shape index (κ2) is 5.62. The van der Waals surface area contributed by atoms with E-state index in [9.17, 15) is 27.1 Å². The summed E-state index contributed by atoms with van der Waals surface area (Å²) in [6, 6.07) is 2.23. The maximum atomic E-state index is 15.0. The Bertz CT molecular complexity index is 1050. The number of benzene rings is 1. The molecular formula is C15H13F3N4O4S. The molecule has 144 valence electrons. The zero-order chi connectivity index (χ0) is 19.6. The van der Waals surface area contributed by atoms with E-state index in [-0.39, 0.29) is 24.0 Å². The molecule has 0 spiro atoms. The van der Waals surface area contributed by atoms with Crippen LogP contribution in [0.4, 0.5) is 18.9 Å². The maximum Gasteiger partial charge on any atom is 0.326 e. The highest BCUT2D eigenvalue weighted by Crippen LogP contribution is 2.48. The Labute approximate surface area is 151 Å². The van der Waals surface area contributed by atoms with E-state index in [0.717, 1.165) is 10.7 Å². The molecule has 2 heterocycles. The lowest BCUT2D eigenvalue weighted by atomic mass is 10.1. The number of anilines is 1. The number of phenols is 1. The number of halogens is 3. The summed E-state index contributed by atoms with van der Waals surface area (Å²) in [7, 11) is -4.34. The van der Waals surface area contributed by atoms with Crippen molar-refractivity contribution in [2.75, 3.05) is 10.8 Å². The Hall–Kier alpha value is -2.76. The standard InChI is InChI=1S/C15H13F3N4O4S/c16-12-9(8-5-19-22(6-8)15(3-4-15)14(17)18)1-2-10(23)13(12)21-7-11(24)20-27(21,25)26/h1-2,5-6,14,23H,3-4,7H2,(H,20,24). The number of nitrogens with zero attached hydrogens (tertiary/aromatic N) is 3. The number of rotatable bonds is 4. The molecule has 8 nitrogen and oxygen atoms in total. The second-order valence-electron chi connectivity index (χ2n) is 6.41. The van der Waals surface area contributed by atoms with E-state index in [4.69, 9.17) is 0 Å². The van der Waals surface area contributed by atoms with Crippen LogP contribution in [0.2, 0.25) is 0 Å². The monoisotopic (exact) mass is 402 g/mol. The first-order chi connectivity index (χ1) is 12.7. The van der Waals surface area contributed by atoms with Gasteiger partial charge in [-0.25, -0.2) is 22.2 Å². The van der Waals surface area contributed by atoms with Gasteiger partial charge < -0.3 is 5.11 Å². The van der Waals surface area contributed by atoms with Crippen LogP contribution in [0.15, 0.2) is 24.5 Å². The molecular weight excluding hydrogens is 389 g/mol. The topological polar surface area (TPSA) is 105 Å². The molecule has 1 aliphatic heterocycles. The molecule has 12 heteroatoms. The van der Waals surface area contributed by atoms with Crippen molar-refractivity contribution in [3.8, 4) is 16.9 Å². The fourth-order valence-corrected chi connectivity index (χ4v) is 4.20. The summed E-state index contributed by atoms with van der Waals surface area (Å²) in [6.45, 7) is -0.690. The molecule has 0 unspecified atom stereocenters. The third-order valence-electron chi connectivity index (χ3n) is 4.68. The molecule has 2 aliphatic rings. The van der Waals surface area contributed by atoms with E-state index in [1.165, 1.54) is 18.5 Å². The molecule has 1 saturated carbocycles. The van der Waals surface area contributed by atoms with Gasteiger partial charge in [0.1, 0.15) is 23.5 Å². The summed E-state index contributed by atoms with van der Waals surface area (Å²) in [5.41, 5.74) is -2.11. The molecule has 2 fully saturated rings. The van der Waals surface area contributed by atoms with E-state index >= 15 is 4.39 Å². The number of carbonyl (C=O) groups is 1. The van der Waals surface area contributed by atoms with E-state index in [0.29, 0.717) is 4.31 Å². The summed E-state index contributed by atoms with van der Waals surface area (Å²) in [5, 5.41) is 13.8. The van der Waals surface area contributed by atoms with Crippen LogP contribution >= 0.6 is 0 Å². The van der Waals surface area contributed by atoms with Crippen molar-refractivity contribution in [2.24, 2.45) is 0 Å². The van der Waals surface area contributed by atoms with Gasteiger partial charge in [0, 0.05) is 17.3 Å². The van der Waals surface area contributed by atoms with E-state index < -0.39 is 51.9 Å². The fraction of sp³-hybridized carbons (Fsp3) is 0.333. The Morgan fingerprint density at radius 2 is 2.00 bits per heavy atom.